The molecule has 2 aliphatic heterocycles. The number of carbonyl (C=O) groups is 1. The van der Waals surface area contributed by atoms with E-state index in [9.17, 15) is 4.79 Å². The smallest absolute Gasteiger partial charge is 0.226 e. The molecular weight excluding hydrogens is 308 g/mol. The van der Waals surface area contributed by atoms with Crippen LogP contribution in [0, 0.1) is 5.92 Å². The Labute approximate surface area is 143 Å². The van der Waals surface area contributed by atoms with Crippen LogP contribution in [-0.4, -0.2) is 73.4 Å². The van der Waals surface area contributed by atoms with Crippen molar-refractivity contribution in [2.24, 2.45) is 5.92 Å². The van der Waals surface area contributed by atoms with Gasteiger partial charge in [-0.05, 0) is 19.3 Å². The number of methoxy groups -OCH3 is 2. The molecule has 2 fully saturated rings. The Bertz CT molecular complexity index is 534. The number of nitrogens with zero attached hydrogens (tertiary/aromatic N) is 4. The minimum atomic E-state index is 0.0767. The number of amides is 1. The third-order valence-corrected chi connectivity index (χ3v) is 5.07. The molecule has 7 heteroatoms. The Kier molecular flexibility index (Phi) is 5.63. The van der Waals surface area contributed by atoms with Crippen LogP contribution < -0.4 is 4.90 Å². The van der Waals surface area contributed by atoms with Crippen molar-refractivity contribution in [2.45, 2.75) is 31.4 Å². The average molecular weight is 334 g/mol. The van der Waals surface area contributed by atoms with Crippen molar-refractivity contribution in [1.82, 2.24) is 14.9 Å². The first-order valence-corrected chi connectivity index (χ1v) is 8.56. The van der Waals surface area contributed by atoms with E-state index in [4.69, 9.17) is 9.47 Å². The Hall–Kier alpha value is -1.73. The van der Waals surface area contributed by atoms with Gasteiger partial charge in [-0.3, -0.25) is 9.78 Å². The summed E-state index contributed by atoms with van der Waals surface area (Å²) in [5, 5.41) is 0. The van der Waals surface area contributed by atoms with Gasteiger partial charge >= 0.3 is 0 Å². The van der Waals surface area contributed by atoms with Gasteiger partial charge in [0.15, 0.2) is 0 Å². The molecule has 0 aliphatic carbocycles. The van der Waals surface area contributed by atoms with Crippen LogP contribution in [0.1, 0.15) is 19.3 Å². The molecule has 0 unspecified atom stereocenters. The normalized spacial score (nSPS) is 25.2. The number of piperidine rings is 1. The van der Waals surface area contributed by atoms with E-state index in [2.05, 4.69) is 14.9 Å². The molecule has 0 N–H and O–H groups in total. The van der Waals surface area contributed by atoms with Crippen LogP contribution in [0.4, 0.5) is 5.82 Å². The topological polar surface area (TPSA) is 67.8 Å². The molecule has 132 valence electrons. The third-order valence-electron chi connectivity index (χ3n) is 5.07. The Morgan fingerprint density at radius 2 is 2.08 bits per heavy atom. The highest BCUT2D eigenvalue weighted by Crippen LogP contribution is 2.27. The summed E-state index contributed by atoms with van der Waals surface area (Å²) in [6.45, 7) is 2.93. The summed E-state index contributed by atoms with van der Waals surface area (Å²) in [4.78, 5) is 25.6. The summed E-state index contributed by atoms with van der Waals surface area (Å²) in [6, 6.07) is 0.130. The van der Waals surface area contributed by atoms with Crippen molar-refractivity contribution in [3.8, 4) is 0 Å². The minimum Gasteiger partial charge on any atom is -0.383 e. The van der Waals surface area contributed by atoms with Crippen LogP contribution in [-0.2, 0) is 14.3 Å². The second kappa shape index (κ2) is 7.90. The van der Waals surface area contributed by atoms with Crippen molar-refractivity contribution < 1.29 is 14.3 Å². The van der Waals surface area contributed by atoms with Crippen LogP contribution in [0.15, 0.2) is 18.6 Å². The molecule has 1 amide bonds. The molecule has 2 atom stereocenters. The molecule has 0 aromatic carbocycles. The van der Waals surface area contributed by atoms with E-state index in [1.54, 1.807) is 32.8 Å². The number of ether oxygens (including phenoxy) is 2. The van der Waals surface area contributed by atoms with E-state index in [0.29, 0.717) is 13.2 Å². The number of hydrogen-bond acceptors (Lipinski definition) is 6. The van der Waals surface area contributed by atoms with Crippen molar-refractivity contribution >= 4 is 11.7 Å². The first-order chi connectivity index (χ1) is 11.7. The molecule has 1 aromatic heterocycles. The number of likely N-dealkylation sites (tertiary alicyclic amines) is 1. The lowest BCUT2D eigenvalue weighted by atomic mass is 9.95. The van der Waals surface area contributed by atoms with E-state index in [0.717, 1.165) is 38.2 Å². The van der Waals surface area contributed by atoms with E-state index < -0.39 is 0 Å². The maximum atomic E-state index is 13.0. The zero-order valence-corrected chi connectivity index (χ0v) is 14.4. The fourth-order valence-electron chi connectivity index (χ4n) is 3.71. The van der Waals surface area contributed by atoms with E-state index in [-0.39, 0.29) is 24.0 Å². The molecule has 0 radical (unpaired) electrons. The highest BCUT2D eigenvalue weighted by atomic mass is 16.5. The molecule has 7 nitrogen and oxygen atoms in total. The highest BCUT2D eigenvalue weighted by Gasteiger charge is 2.38. The van der Waals surface area contributed by atoms with Gasteiger partial charge in [0, 0.05) is 52.2 Å². The van der Waals surface area contributed by atoms with Crippen molar-refractivity contribution in [2.75, 3.05) is 45.4 Å². The van der Waals surface area contributed by atoms with Gasteiger partial charge in [-0.2, -0.15) is 0 Å². The van der Waals surface area contributed by atoms with E-state index in [1.165, 1.54) is 0 Å². The lowest BCUT2D eigenvalue weighted by molar-refractivity contribution is -0.138. The predicted molar refractivity (Wildman–Crippen MR) is 89.8 cm³/mol. The zero-order valence-electron chi connectivity index (χ0n) is 14.4. The molecule has 3 heterocycles. The van der Waals surface area contributed by atoms with Gasteiger partial charge < -0.3 is 19.3 Å². The number of aromatic nitrogens is 2. The number of rotatable bonds is 5. The Morgan fingerprint density at radius 1 is 1.29 bits per heavy atom. The quantitative estimate of drug-likeness (QED) is 0.799. The van der Waals surface area contributed by atoms with Crippen LogP contribution in [0.5, 0.6) is 0 Å². The summed E-state index contributed by atoms with van der Waals surface area (Å²) in [6.07, 6.45) is 7.84. The van der Waals surface area contributed by atoms with Gasteiger partial charge in [0.25, 0.3) is 0 Å². The van der Waals surface area contributed by atoms with Crippen molar-refractivity contribution in [3.05, 3.63) is 18.6 Å². The van der Waals surface area contributed by atoms with Gasteiger partial charge in [-0.25, -0.2) is 4.98 Å². The van der Waals surface area contributed by atoms with Gasteiger partial charge in [0.2, 0.25) is 5.91 Å². The lowest BCUT2D eigenvalue weighted by Gasteiger charge is -2.35. The van der Waals surface area contributed by atoms with Crippen LogP contribution in [0.25, 0.3) is 0 Å². The van der Waals surface area contributed by atoms with E-state index in [1.807, 2.05) is 4.90 Å². The SMILES string of the molecule is COC[C@@H]1C[C@H](OC)CN1C(=O)C1CCN(c2cnccn2)CC1. The molecule has 2 aliphatic rings. The molecule has 1 aromatic rings. The zero-order chi connectivity index (χ0) is 16.9. The second-order valence-corrected chi connectivity index (χ2v) is 6.52. The fraction of sp³-hybridized carbons (Fsp3) is 0.706. The number of anilines is 1. The molecule has 0 bridgehead atoms. The second-order valence-electron chi connectivity index (χ2n) is 6.52. The molecular formula is C17H26N4O3. The first-order valence-electron chi connectivity index (χ1n) is 8.56. The van der Waals surface area contributed by atoms with Crippen molar-refractivity contribution in [1.29, 1.82) is 0 Å². The molecule has 24 heavy (non-hydrogen) atoms. The Morgan fingerprint density at radius 3 is 2.71 bits per heavy atom. The predicted octanol–water partition coefficient (Wildman–Crippen LogP) is 0.955. The molecule has 0 spiro atoms. The summed E-state index contributed by atoms with van der Waals surface area (Å²) in [5.41, 5.74) is 0. The van der Waals surface area contributed by atoms with E-state index >= 15 is 0 Å². The summed E-state index contributed by atoms with van der Waals surface area (Å²) < 4.78 is 10.7. The van der Waals surface area contributed by atoms with Gasteiger partial charge in [0.1, 0.15) is 5.82 Å². The maximum absolute atomic E-state index is 13.0. The third kappa shape index (κ3) is 3.67. The first kappa shape index (κ1) is 17.1. The van der Waals surface area contributed by atoms with Crippen molar-refractivity contribution in [3.63, 3.8) is 0 Å². The lowest BCUT2D eigenvalue weighted by Crippen LogP contribution is -2.46. The fourth-order valence-corrected chi connectivity index (χ4v) is 3.71. The molecule has 3 rings (SSSR count). The van der Waals surface area contributed by atoms with Crippen LogP contribution in [0.2, 0.25) is 0 Å². The van der Waals surface area contributed by atoms with Gasteiger partial charge in [-0.1, -0.05) is 0 Å². The monoisotopic (exact) mass is 334 g/mol. The molecule has 2 saturated heterocycles. The number of carbonyl (C=O) groups excluding carboxylic acids is 1. The Balaban J connectivity index is 1.58. The standard InChI is InChI=1S/C17H26N4O3/c1-23-12-14-9-15(24-2)11-21(14)17(22)13-3-7-20(8-4-13)16-10-18-5-6-19-16/h5-6,10,13-15H,3-4,7-9,11-12H2,1-2H3/t14-,15-/m0/s1. The van der Waals surface area contributed by atoms with Gasteiger partial charge in [0.05, 0.1) is 24.9 Å². The number of hydrogen-bond donors (Lipinski definition) is 0. The largest absolute Gasteiger partial charge is 0.383 e. The highest BCUT2D eigenvalue weighted by molar-refractivity contribution is 5.80. The van der Waals surface area contributed by atoms with Gasteiger partial charge in [-0.15, -0.1) is 0 Å². The van der Waals surface area contributed by atoms with Crippen LogP contribution in [0.3, 0.4) is 0 Å². The maximum Gasteiger partial charge on any atom is 0.226 e. The minimum absolute atomic E-state index is 0.0767. The molecule has 0 saturated carbocycles. The summed E-state index contributed by atoms with van der Waals surface area (Å²) in [5.74, 6) is 1.21. The summed E-state index contributed by atoms with van der Waals surface area (Å²) in [7, 11) is 3.39. The average Bonchev–Trinajstić information content (AvgIpc) is 3.05. The summed E-state index contributed by atoms with van der Waals surface area (Å²) >= 11 is 0. The van der Waals surface area contributed by atoms with Crippen LogP contribution >= 0.6 is 0 Å².